The third-order valence-corrected chi connectivity index (χ3v) is 1.84. The summed E-state index contributed by atoms with van der Waals surface area (Å²) in [5.41, 5.74) is 0. The first-order valence-corrected chi connectivity index (χ1v) is 4.56. The second-order valence-corrected chi connectivity index (χ2v) is 3.04. The highest BCUT2D eigenvalue weighted by Gasteiger charge is 1.98. The Morgan fingerprint density at radius 3 is 2.20 bits per heavy atom. The van der Waals surface area contributed by atoms with Gasteiger partial charge in [0.1, 0.15) is 0 Å². The molecule has 0 aliphatic rings. The van der Waals surface area contributed by atoms with Gasteiger partial charge in [0, 0.05) is 0 Å². The summed E-state index contributed by atoms with van der Waals surface area (Å²) in [4.78, 5) is 0. The maximum atomic E-state index is 5.82. The molecule has 0 amide bonds. The molecule has 1 atom stereocenters. The van der Waals surface area contributed by atoms with Crippen molar-refractivity contribution in [2.24, 2.45) is 0 Å². The van der Waals surface area contributed by atoms with E-state index in [0.29, 0.717) is 5.82 Å². The highest BCUT2D eigenvalue weighted by Crippen LogP contribution is 2.16. The molecule has 0 aromatic rings. The average Bonchev–Trinajstić information content (AvgIpc) is 1.89. The van der Waals surface area contributed by atoms with E-state index in [1.165, 1.54) is 38.5 Å². The second-order valence-electron chi connectivity index (χ2n) is 3.04. The van der Waals surface area contributed by atoms with Gasteiger partial charge in [-0.25, -0.2) is 0 Å². The van der Waals surface area contributed by atoms with Crippen LogP contribution in [0.5, 0.6) is 0 Å². The highest BCUT2D eigenvalue weighted by atomic mass is 14.0. The molecular weight excluding hydrogens is 119 g/mol. The minimum Gasteiger partial charge on any atom is -0.0774 e. The van der Waals surface area contributed by atoms with Gasteiger partial charge in [-0.3, -0.25) is 0 Å². The molecule has 0 aromatic heterocycles. The van der Waals surface area contributed by atoms with Crippen molar-refractivity contribution in [3.05, 3.63) is 0 Å². The van der Waals surface area contributed by atoms with E-state index >= 15 is 0 Å². The van der Waals surface area contributed by atoms with Crippen LogP contribution in [0, 0.1) is 0 Å². The van der Waals surface area contributed by atoms with Crippen LogP contribution in [0.15, 0.2) is 0 Å². The van der Waals surface area contributed by atoms with E-state index in [4.69, 9.17) is 7.85 Å². The van der Waals surface area contributed by atoms with E-state index in [1.807, 2.05) is 0 Å². The van der Waals surface area contributed by atoms with Crippen LogP contribution >= 0.6 is 0 Å². The quantitative estimate of drug-likeness (QED) is 0.390. The molecule has 0 spiro atoms. The van der Waals surface area contributed by atoms with Gasteiger partial charge in [0.25, 0.3) is 0 Å². The summed E-state index contributed by atoms with van der Waals surface area (Å²) < 4.78 is 0. The van der Waals surface area contributed by atoms with Gasteiger partial charge in [0.15, 0.2) is 0 Å². The van der Waals surface area contributed by atoms with Crippen molar-refractivity contribution in [3.63, 3.8) is 0 Å². The fourth-order valence-corrected chi connectivity index (χ4v) is 1.17. The third-order valence-electron chi connectivity index (χ3n) is 1.84. The Labute approximate surface area is 66.8 Å². The lowest BCUT2D eigenvalue weighted by Crippen LogP contribution is -1.91. The van der Waals surface area contributed by atoms with Crippen molar-refractivity contribution in [2.45, 2.75) is 58.2 Å². The fraction of sp³-hybridized carbons (Fsp3) is 1.00. The summed E-state index contributed by atoms with van der Waals surface area (Å²) in [6, 6.07) is 0. The normalized spacial score (nSPS) is 13.4. The Morgan fingerprint density at radius 2 is 1.70 bits per heavy atom. The van der Waals surface area contributed by atoms with E-state index in [0.717, 1.165) is 0 Å². The Kier molecular flexibility index (Phi) is 7.22. The van der Waals surface area contributed by atoms with Gasteiger partial charge < -0.3 is 0 Å². The van der Waals surface area contributed by atoms with Crippen LogP contribution in [0.2, 0.25) is 5.82 Å². The van der Waals surface area contributed by atoms with Crippen molar-refractivity contribution in [2.75, 3.05) is 0 Å². The average molecular weight is 138 g/mol. The predicted molar refractivity (Wildman–Crippen MR) is 48.6 cm³/mol. The SMILES string of the molecule is [B]C(CCC)CCCCC. The van der Waals surface area contributed by atoms with E-state index in [1.54, 1.807) is 0 Å². The van der Waals surface area contributed by atoms with Crippen LogP contribution in [0.25, 0.3) is 0 Å². The highest BCUT2D eigenvalue weighted by molar-refractivity contribution is 6.11. The van der Waals surface area contributed by atoms with Crippen molar-refractivity contribution in [3.8, 4) is 0 Å². The second kappa shape index (κ2) is 7.18. The molecule has 0 nitrogen and oxygen atoms in total. The van der Waals surface area contributed by atoms with Crippen molar-refractivity contribution in [1.29, 1.82) is 0 Å². The fourth-order valence-electron chi connectivity index (χ4n) is 1.17. The molecule has 0 saturated heterocycles. The number of rotatable bonds is 6. The predicted octanol–water partition coefficient (Wildman–Crippen LogP) is 3.32. The van der Waals surface area contributed by atoms with Crippen LogP contribution in [-0.4, -0.2) is 7.85 Å². The third kappa shape index (κ3) is 6.19. The Balaban J connectivity index is 2.97. The molecule has 2 radical (unpaired) electrons. The zero-order valence-electron chi connectivity index (χ0n) is 7.40. The van der Waals surface area contributed by atoms with E-state index in [-0.39, 0.29) is 0 Å². The minimum absolute atomic E-state index is 0.469. The van der Waals surface area contributed by atoms with Crippen molar-refractivity contribution >= 4 is 7.85 Å². The Morgan fingerprint density at radius 1 is 1.00 bits per heavy atom. The number of hydrogen-bond acceptors (Lipinski definition) is 0. The van der Waals surface area contributed by atoms with Crippen LogP contribution < -0.4 is 0 Å². The summed E-state index contributed by atoms with van der Waals surface area (Å²) >= 11 is 0. The van der Waals surface area contributed by atoms with E-state index < -0.39 is 0 Å². The summed E-state index contributed by atoms with van der Waals surface area (Å²) in [7, 11) is 5.82. The largest absolute Gasteiger partial charge is 0.0774 e. The summed E-state index contributed by atoms with van der Waals surface area (Å²) in [6.07, 6.45) is 7.62. The molecule has 0 aliphatic carbocycles. The molecule has 0 heterocycles. The molecule has 58 valence electrons. The van der Waals surface area contributed by atoms with Crippen LogP contribution in [0.1, 0.15) is 52.4 Å². The van der Waals surface area contributed by atoms with Gasteiger partial charge >= 0.3 is 0 Å². The van der Waals surface area contributed by atoms with E-state index in [9.17, 15) is 0 Å². The molecule has 0 N–H and O–H groups in total. The zero-order valence-corrected chi connectivity index (χ0v) is 7.40. The molecule has 0 aliphatic heterocycles. The lowest BCUT2D eigenvalue weighted by molar-refractivity contribution is 0.601. The summed E-state index contributed by atoms with van der Waals surface area (Å²) in [5.74, 6) is 0.469. The first-order valence-electron chi connectivity index (χ1n) is 4.56. The topological polar surface area (TPSA) is 0 Å². The molecule has 0 fully saturated rings. The summed E-state index contributed by atoms with van der Waals surface area (Å²) in [5, 5.41) is 0. The maximum Gasteiger partial charge on any atom is 0.0699 e. The lowest BCUT2D eigenvalue weighted by Gasteiger charge is -2.08. The van der Waals surface area contributed by atoms with Gasteiger partial charge in [-0.05, 0) is 0 Å². The van der Waals surface area contributed by atoms with Gasteiger partial charge in [-0.2, -0.15) is 0 Å². The van der Waals surface area contributed by atoms with Crippen LogP contribution in [0.4, 0.5) is 0 Å². The first kappa shape index (κ1) is 10.1. The Bertz CT molecular complexity index is 61.7. The van der Waals surface area contributed by atoms with Gasteiger partial charge in [-0.1, -0.05) is 58.2 Å². The molecular formula is C9H19B. The van der Waals surface area contributed by atoms with Crippen molar-refractivity contribution in [1.82, 2.24) is 0 Å². The first-order chi connectivity index (χ1) is 4.81. The molecule has 0 saturated carbocycles. The zero-order chi connectivity index (χ0) is 7.82. The number of unbranched alkanes of at least 4 members (excludes halogenated alkanes) is 2. The molecule has 0 bridgehead atoms. The van der Waals surface area contributed by atoms with Crippen LogP contribution in [-0.2, 0) is 0 Å². The van der Waals surface area contributed by atoms with Crippen LogP contribution in [0.3, 0.4) is 0 Å². The number of hydrogen-bond donors (Lipinski definition) is 0. The Hall–Kier alpha value is 0.0649. The molecule has 0 rings (SSSR count). The van der Waals surface area contributed by atoms with Gasteiger partial charge in [0.2, 0.25) is 0 Å². The standard InChI is InChI=1S/C9H19B/c1-3-5-6-8-9(10)7-4-2/h9H,3-8H2,1-2H3. The van der Waals surface area contributed by atoms with Gasteiger partial charge in [0.05, 0.1) is 7.85 Å². The molecule has 1 heteroatoms. The van der Waals surface area contributed by atoms with Crippen molar-refractivity contribution < 1.29 is 0 Å². The summed E-state index contributed by atoms with van der Waals surface area (Å²) in [6.45, 7) is 4.42. The molecule has 1 unspecified atom stereocenters. The van der Waals surface area contributed by atoms with Gasteiger partial charge in [-0.15, -0.1) is 0 Å². The maximum absolute atomic E-state index is 5.82. The van der Waals surface area contributed by atoms with E-state index in [2.05, 4.69) is 13.8 Å². The lowest BCUT2D eigenvalue weighted by atomic mass is 9.80. The molecule has 10 heavy (non-hydrogen) atoms. The monoisotopic (exact) mass is 138 g/mol. The smallest absolute Gasteiger partial charge is 0.0699 e. The molecule has 0 aromatic carbocycles. The minimum atomic E-state index is 0.469.